The highest BCUT2D eigenvalue weighted by Gasteiger charge is 2.18. The summed E-state index contributed by atoms with van der Waals surface area (Å²) in [6.07, 6.45) is -0.230. The van der Waals surface area contributed by atoms with Crippen molar-refractivity contribution in [1.82, 2.24) is 0 Å². The zero-order chi connectivity index (χ0) is 18.2. The van der Waals surface area contributed by atoms with Crippen LogP contribution in [0.1, 0.15) is 27.2 Å². The zero-order valence-electron chi connectivity index (χ0n) is 14.9. The molecule has 2 amide bonds. The normalized spacial score (nSPS) is 10.4. The number of nitrogens with zero attached hydrogens (tertiary/aromatic N) is 1. The molecule has 5 heteroatoms. The Kier molecular flexibility index (Phi) is 6.57. The highest BCUT2D eigenvalue weighted by atomic mass is 16.5. The molecule has 0 aliphatic heterocycles. The van der Waals surface area contributed by atoms with Gasteiger partial charge in [-0.3, -0.25) is 9.59 Å². The predicted octanol–water partition coefficient (Wildman–Crippen LogP) is 3.86. The monoisotopic (exact) mass is 340 g/mol. The summed E-state index contributed by atoms with van der Waals surface area (Å²) in [4.78, 5) is 26.4. The first kappa shape index (κ1) is 18.5. The molecule has 5 nitrogen and oxygen atoms in total. The number of anilines is 2. The van der Waals surface area contributed by atoms with Crippen LogP contribution in [0.5, 0.6) is 5.75 Å². The first-order chi connectivity index (χ1) is 12.0. The molecule has 0 heterocycles. The summed E-state index contributed by atoms with van der Waals surface area (Å²) in [6, 6.07) is 16.5. The molecule has 0 bridgehead atoms. The van der Waals surface area contributed by atoms with Crippen LogP contribution in [-0.2, 0) is 9.59 Å². The molecule has 132 valence electrons. The Morgan fingerprint density at radius 2 is 1.68 bits per heavy atom. The molecular formula is C20H24N2O3. The third-order valence-corrected chi connectivity index (χ3v) is 3.52. The van der Waals surface area contributed by atoms with E-state index in [1.807, 2.05) is 63.2 Å². The summed E-state index contributed by atoms with van der Waals surface area (Å²) in [5.74, 6) is -0.0126. The van der Waals surface area contributed by atoms with Crippen LogP contribution >= 0.6 is 0 Å². The molecule has 0 unspecified atom stereocenters. The molecule has 0 spiro atoms. The van der Waals surface area contributed by atoms with Crippen molar-refractivity contribution in [2.75, 3.05) is 16.8 Å². The molecule has 0 atom stereocenters. The van der Waals surface area contributed by atoms with Crippen LogP contribution < -0.4 is 15.0 Å². The molecule has 0 aromatic heterocycles. The molecule has 0 fully saturated rings. The van der Waals surface area contributed by atoms with Crippen LogP contribution in [0, 0.1) is 0 Å². The average Bonchev–Trinajstić information content (AvgIpc) is 2.57. The second-order valence-corrected chi connectivity index (χ2v) is 5.86. The Balaban J connectivity index is 2.04. The van der Waals surface area contributed by atoms with Gasteiger partial charge < -0.3 is 15.0 Å². The standard InChI is InChI=1S/C20H24N2O3/c1-4-22(16-10-6-5-7-11-16)20(24)14-19(23)21-17-12-8-9-13-18(17)25-15(2)3/h5-13,15H,4,14H2,1-3H3,(H,21,23). The minimum absolute atomic E-state index is 0.00616. The van der Waals surface area contributed by atoms with Gasteiger partial charge in [0.1, 0.15) is 12.2 Å². The van der Waals surface area contributed by atoms with E-state index in [0.29, 0.717) is 18.0 Å². The van der Waals surface area contributed by atoms with Gasteiger partial charge in [0, 0.05) is 12.2 Å². The van der Waals surface area contributed by atoms with Crippen LogP contribution in [0.4, 0.5) is 11.4 Å². The molecule has 1 N–H and O–H groups in total. The fourth-order valence-electron chi connectivity index (χ4n) is 2.46. The van der Waals surface area contributed by atoms with E-state index in [1.54, 1.807) is 17.0 Å². The number of carbonyl (C=O) groups excluding carboxylic acids is 2. The molecule has 0 radical (unpaired) electrons. The SMILES string of the molecule is CCN(C(=O)CC(=O)Nc1ccccc1OC(C)C)c1ccccc1. The smallest absolute Gasteiger partial charge is 0.236 e. The summed E-state index contributed by atoms with van der Waals surface area (Å²) in [5, 5.41) is 2.77. The highest BCUT2D eigenvalue weighted by Crippen LogP contribution is 2.25. The van der Waals surface area contributed by atoms with Gasteiger partial charge in [0.05, 0.1) is 11.8 Å². The quantitative estimate of drug-likeness (QED) is 0.779. The third-order valence-electron chi connectivity index (χ3n) is 3.52. The Labute approximate surface area is 148 Å². The largest absolute Gasteiger partial charge is 0.489 e. The van der Waals surface area contributed by atoms with E-state index in [-0.39, 0.29) is 24.3 Å². The summed E-state index contributed by atoms with van der Waals surface area (Å²) in [5.41, 5.74) is 1.35. The van der Waals surface area contributed by atoms with E-state index >= 15 is 0 Å². The van der Waals surface area contributed by atoms with Gasteiger partial charge in [-0.2, -0.15) is 0 Å². The number of para-hydroxylation sites is 3. The Hall–Kier alpha value is -2.82. The summed E-state index contributed by atoms with van der Waals surface area (Å²) in [6.45, 7) is 6.22. The lowest BCUT2D eigenvalue weighted by Gasteiger charge is -2.21. The van der Waals surface area contributed by atoms with E-state index in [0.717, 1.165) is 5.69 Å². The van der Waals surface area contributed by atoms with Gasteiger partial charge in [-0.25, -0.2) is 0 Å². The van der Waals surface area contributed by atoms with E-state index in [4.69, 9.17) is 4.74 Å². The molecule has 0 aliphatic rings. The van der Waals surface area contributed by atoms with Gasteiger partial charge in [0.15, 0.2) is 0 Å². The molecule has 0 saturated carbocycles. The minimum atomic E-state index is -0.362. The lowest BCUT2D eigenvalue weighted by Crippen LogP contribution is -2.33. The van der Waals surface area contributed by atoms with Crippen molar-refractivity contribution in [2.45, 2.75) is 33.3 Å². The van der Waals surface area contributed by atoms with Crippen LogP contribution in [0.25, 0.3) is 0 Å². The van der Waals surface area contributed by atoms with Crippen molar-refractivity contribution >= 4 is 23.2 Å². The Bertz CT molecular complexity index is 714. The van der Waals surface area contributed by atoms with Gasteiger partial charge in [-0.1, -0.05) is 30.3 Å². The van der Waals surface area contributed by atoms with Crippen LogP contribution in [0.3, 0.4) is 0 Å². The number of amides is 2. The van der Waals surface area contributed by atoms with Gasteiger partial charge in [-0.05, 0) is 45.0 Å². The second kappa shape index (κ2) is 8.87. The highest BCUT2D eigenvalue weighted by molar-refractivity contribution is 6.09. The van der Waals surface area contributed by atoms with Crippen LogP contribution in [0.15, 0.2) is 54.6 Å². The van der Waals surface area contributed by atoms with Crippen molar-refractivity contribution in [3.05, 3.63) is 54.6 Å². The first-order valence-corrected chi connectivity index (χ1v) is 8.42. The van der Waals surface area contributed by atoms with Gasteiger partial charge in [-0.15, -0.1) is 0 Å². The molecule has 25 heavy (non-hydrogen) atoms. The van der Waals surface area contributed by atoms with Gasteiger partial charge in [0.2, 0.25) is 11.8 Å². The van der Waals surface area contributed by atoms with E-state index in [9.17, 15) is 9.59 Å². The number of hydrogen-bond donors (Lipinski definition) is 1. The molecule has 0 aliphatic carbocycles. The van der Waals surface area contributed by atoms with Crippen molar-refractivity contribution in [2.24, 2.45) is 0 Å². The molecule has 2 aromatic rings. The van der Waals surface area contributed by atoms with E-state index in [1.165, 1.54) is 0 Å². The van der Waals surface area contributed by atoms with Gasteiger partial charge in [0.25, 0.3) is 0 Å². The van der Waals surface area contributed by atoms with Crippen molar-refractivity contribution < 1.29 is 14.3 Å². The number of nitrogens with one attached hydrogen (secondary N) is 1. The fraction of sp³-hybridized carbons (Fsp3) is 0.300. The second-order valence-electron chi connectivity index (χ2n) is 5.86. The third kappa shape index (κ3) is 5.35. The molecule has 0 saturated heterocycles. The predicted molar refractivity (Wildman–Crippen MR) is 99.9 cm³/mol. The minimum Gasteiger partial charge on any atom is -0.489 e. The van der Waals surface area contributed by atoms with Crippen LogP contribution in [0.2, 0.25) is 0 Å². The Morgan fingerprint density at radius 3 is 2.32 bits per heavy atom. The molecular weight excluding hydrogens is 316 g/mol. The van der Waals surface area contributed by atoms with Crippen LogP contribution in [-0.4, -0.2) is 24.5 Å². The number of ether oxygens (including phenoxy) is 1. The first-order valence-electron chi connectivity index (χ1n) is 8.42. The summed E-state index contributed by atoms with van der Waals surface area (Å²) < 4.78 is 5.68. The number of rotatable bonds is 7. The fourth-order valence-corrected chi connectivity index (χ4v) is 2.46. The Morgan fingerprint density at radius 1 is 1.04 bits per heavy atom. The number of benzene rings is 2. The maximum atomic E-state index is 12.5. The molecule has 2 rings (SSSR count). The number of carbonyl (C=O) groups is 2. The molecule has 2 aromatic carbocycles. The summed E-state index contributed by atoms with van der Waals surface area (Å²) in [7, 11) is 0. The zero-order valence-corrected chi connectivity index (χ0v) is 14.9. The van der Waals surface area contributed by atoms with Gasteiger partial charge >= 0.3 is 0 Å². The lowest BCUT2D eigenvalue weighted by atomic mass is 10.2. The maximum Gasteiger partial charge on any atom is 0.236 e. The average molecular weight is 340 g/mol. The lowest BCUT2D eigenvalue weighted by molar-refractivity contribution is -0.125. The summed E-state index contributed by atoms with van der Waals surface area (Å²) >= 11 is 0. The number of hydrogen-bond acceptors (Lipinski definition) is 3. The maximum absolute atomic E-state index is 12.5. The van der Waals surface area contributed by atoms with E-state index in [2.05, 4.69) is 5.32 Å². The van der Waals surface area contributed by atoms with Crippen molar-refractivity contribution in [3.8, 4) is 5.75 Å². The van der Waals surface area contributed by atoms with Crippen molar-refractivity contribution in [1.29, 1.82) is 0 Å². The van der Waals surface area contributed by atoms with E-state index < -0.39 is 0 Å². The topological polar surface area (TPSA) is 58.6 Å². The van der Waals surface area contributed by atoms with Crippen molar-refractivity contribution in [3.63, 3.8) is 0 Å².